The van der Waals surface area contributed by atoms with Crippen LogP contribution in [0.4, 0.5) is 14.6 Å². The van der Waals surface area contributed by atoms with Crippen LogP contribution in [0.2, 0.25) is 0 Å². The van der Waals surface area contributed by atoms with Gasteiger partial charge in [-0.05, 0) is 57.0 Å². The van der Waals surface area contributed by atoms with Crippen LogP contribution in [-0.4, -0.2) is 21.0 Å². The standard InChI is InChI=1S/C16H16N4S.C6H4F2/c1-9-4-3-5-13(17-9)15-19-14(18-11-6-7-11)12-8-10(2)21-16(12)20-15;7-5-3-1-2-4-6(5)8/h3-5,8,11H,6-7H2,1-2H3,(H,18,19,20);1-4H. The molecule has 0 aliphatic heterocycles. The molecule has 1 saturated carbocycles. The molecule has 0 radical (unpaired) electrons. The molecule has 7 heteroatoms. The molecular weight excluding hydrogens is 390 g/mol. The lowest BCUT2D eigenvalue weighted by Crippen LogP contribution is -2.05. The summed E-state index contributed by atoms with van der Waals surface area (Å²) in [6.45, 7) is 4.10. The van der Waals surface area contributed by atoms with Gasteiger partial charge in [0.15, 0.2) is 17.5 Å². The van der Waals surface area contributed by atoms with E-state index in [1.165, 1.54) is 29.9 Å². The number of benzene rings is 1. The van der Waals surface area contributed by atoms with Gasteiger partial charge in [0.2, 0.25) is 0 Å². The second-order valence-electron chi connectivity index (χ2n) is 6.97. The Hall–Kier alpha value is -2.93. The second-order valence-corrected chi connectivity index (χ2v) is 8.20. The Morgan fingerprint density at radius 3 is 2.28 bits per heavy atom. The third kappa shape index (κ3) is 4.74. The highest BCUT2D eigenvalue weighted by Crippen LogP contribution is 2.33. The fourth-order valence-corrected chi connectivity index (χ4v) is 3.67. The quantitative estimate of drug-likeness (QED) is 0.456. The normalized spacial score (nSPS) is 13.1. The highest BCUT2D eigenvalue weighted by atomic mass is 32.1. The van der Waals surface area contributed by atoms with Gasteiger partial charge in [0.1, 0.15) is 16.3 Å². The van der Waals surface area contributed by atoms with Crippen molar-refractivity contribution in [2.75, 3.05) is 5.32 Å². The van der Waals surface area contributed by atoms with Gasteiger partial charge < -0.3 is 5.32 Å². The van der Waals surface area contributed by atoms with Crippen LogP contribution >= 0.6 is 11.3 Å². The van der Waals surface area contributed by atoms with Crippen LogP contribution in [0.25, 0.3) is 21.7 Å². The molecule has 1 aliphatic carbocycles. The minimum atomic E-state index is -0.799. The molecule has 1 aliphatic rings. The third-order valence-electron chi connectivity index (χ3n) is 4.38. The first-order valence-corrected chi connectivity index (χ1v) is 10.2. The Morgan fingerprint density at radius 1 is 0.931 bits per heavy atom. The third-order valence-corrected chi connectivity index (χ3v) is 5.32. The van der Waals surface area contributed by atoms with E-state index in [9.17, 15) is 8.78 Å². The van der Waals surface area contributed by atoms with Crippen LogP contribution in [0.1, 0.15) is 23.4 Å². The molecule has 0 spiro atoms. The van der Waals surface area contributed by atoms with Crippen LogP contribution in [-0.2, 0) is 0 Å². The van der Waals surface area contributed by atoms with Crippen molar-refractivity contribution >= 4 is 27.4 Å². The molecular formula is C22H20F2N4S. The van der Waals surface area contributed by atoms with Crippen molar-refractivity contribution < 1.29 is 8.78 Å². The minimum Gasteiger partial charge on any atom is -0.367 e. The maximum absolute atomic E-state index is 11.9. The van der Waals surface area contributed by atoms with Crippen molar-refractivity contribution in [2.45, 2.75) is 32.7 Å². The smallest absolute Gasteiger partial charge is 0.181 e. The van der Waals surface area contributed by atoms with Gasteiger partial charge in [-0.15, -0.1) is 11.3 Å². The summed E-state index contributed by atoms with van der Waals surface area (Å²) < 4.78 is 23.9. The molecule has 4 nitrogen and oxygen atoms in total. The van der Waals surface area contributed by atoms with Crippen LogP contribution < -0.4 is 5.32 Å². The summed E-state index contributed by atoms with van der Waals surface area (Å²) in [5, 5.41) is 4.65. The van der Waals surface area contributed by atoms with Gasteiger partial charge in [0, 0.05) is 16.6 Å². The van der Waals surface area contributed by atoms with E-state index in [2.05, 4.69) is 23.3 Å². The van der Waals surface area contributed by atoms with E-state index in [1.54, 1.807) is 11.3 Å². The molecule has 0 amide bonds. The summed E-state index contributed by atoms with van der Waals surface area (Å²) >= 11 is 1.71. The molecule has 0 bridgehead atoms. The molecule has 29 heavy (non-hydrogen) atoms. The Morgan fingerprint density at radius 2 is 1.66 bits per heavy atom. The number of pyridine rings is 1. The average Bonchev–Trinajstić information content (AvgIpc) is 3.43. The summed E-state index contributed by atoms with van der Waals surface area (Å²) in [6.07, 6.45) is 2.46. The van der Waals surface area contributed by atoms with Gasteiger partial charge >= 0.3 is 0 Å². The average molecular weight is 410 g/mol. The van der Waals surface area contributed by atoms with Gasteiger partial charge in [-0.3, -0.25) is 0 Å². The van der Waals surface area contributed by atoms with E-state index in [4.69, 9.17) is 9.97 Å². The van der Waals surface area contributed by atoms with E-state index in [1.807, 2.05) is 25.1 Å². The number of aryl methyl sites for hydroxylation is 2. The zero-order valence-corrected chi connectivity index (χ0v) is 16.9. The molecule has 3 heterocycles. The van der Waals surface area contributed by atoms with E-state index in [0.29, 0.717) is 11.9 Å². The Labute approximate surface area is 171 Å². The number of aromatic nitrogens is 3. The lowest BCUT2D eigenvalue weighted by Gasteiger charge is -2.07. The lowest BCUT2D eigenvalue weighted by atomic mass is 10.3. The Bertz CT molecular complexity index is 1130. The molecule has 4 aromatic rings. The number of anilines is 1. The molecule has 0 unspecified atom stereocenters. The zero-order valence-electron chi connectivity index (χ0n) is 16.1. The van der Waals surface area contributed by atoms with Gasteiger partial charge in [0.25, 0.3) is 0 Å². The van der Waals surface area contributed by atoms with Gasteiger partial charge in [-0.1, -0.05) is 18.2 Å². The molecule has 1 aromatic carbocycles. The maximum Gasteiger partial charge on any atom is 0.181 e. The number of rotatable bonds is 3. The van der Waals surface area contributed by atoms with Gasteiger partial charge in [0.05, 0.1) is 5.39 Å². The monoisotopic (exact) mass is 410 g/mol. The van der Waals surface area contributed by atoms with E-state index in [-0.39, 0.29) is 0 Å². The molecule has 5 rings (SSSR count). The van der Waals surface area contributed by atoms with Crippen molar-refractivity contribution in [3.05, 3.63) is 70.7 Å². The number of thiophene rings is 1. The fourth-order valence-electron chi connectivity index (χ4n) is 2.79. The summed E-state index contributed by atoms with van der Waals surface area (Å²) in [4.78, 5) is 16.3. The van der Waals surface area contributed by atoms with E-state index < -0.39 is 11.6 Å². The summed E-state index contributed by atoms with van der Waals surface area (Å²) in [5.74, 6) is 0.0568. The highest BCUT2D eigenvalue weighted by Gasteiger charge is 2.23. The first-order chi connectivity index (χ1) is 14.0. The van der Waals surface area contributed by atoms with Gasteiger partial charge in [-0.2, -0.15) is 0 Å². The summed E-state index contributed by atoms with van der Waals surface area (Å²) in [6, 6.07) is 13.7. The fraction of sp³-hybridized carbons (Fsp3) is 0.227. The number of fused-ring (bicyclic) bond motifs is 1. The van der Waals surface area contributed by atoms with E-state index >= 15 is 0 Å². The highest BCUT2D eigenvalue weighted by molar-refractivity contribution is 7.18. The predicted octanol–water partition coefficient (Wildman–Crippen LogP) is 5.91. The Balaban J connectivity index is 0.000000216. The van der Waals surface area contributed by atoms with Crippen molar-refractivity contribution in [2.24, 2.45) is 0 Å². The number of halogens is 2. The molecule has 3 aromatic heterocycles. The first-order valence-electron chi connectivity index (χ1n) is 9.38. The SMILES string of the molecule is Cc1cccc(-c2nc(NC3CC3)c3cc(C)sc3n2)n1.Fc1ccccc1F. The van der Waals surface area contributed by atoms with Crippen LogP contribution in [0.5, 0.6) is 0 Å². The minimum absolute atomic E-state index is 0.571. The number of hydrogen-bond donors (Lipinski definition) is 1. The number of hydrogen-bond acceptors (Lipinski definition) is 5. The van der Waals surface area contributed by atoms with Crippen molar-refractivity contribution in [3.63, 3.8) is 0 Å². The zero-order chi connectivity index (χ0) is 20.4. The predicted molar refractivity (Wildman–Crippen MR) is 113 cm³/mol. The Kier molecular flexibility index (Phi) is 5.49. The lowest BCUT2D eigenvalue weighted by molar-refractivity contribution is 0.508. The van der Waals surface area contributed by atoms with Crippen LogP contribution in [0.15, 0.2) is 48.5 Å². The molecule has 1 N–H and O–H groups in total. The van der Waals surface area contributed by atoms with Crippen LogP contribution in [0.3, 0.4) is 0 Å². The first kappa shape index (κ1) is 19.4. The molecule has 1 fully saturated rings. The van der Waals surface area contributed by atoms with Crippen molar-refractivity contribution in [1.82, 2.24) is 15.0 Å². The number of nitrogens with one attached hydrogen (secondary N) is 1. The maximum atomic E-state index is 11.9. The van der Waals surface area contributed by atoms with Crippen LogP contribution in [0, 0.1) is 25.5 Å². The van der Waals surface area contributed by atoms with Crippen molar-refractivity contribution in [3.8, 4) is 11.5 Å². The number of nitrogens with zero attached hydrogens (tertiary/aromatic N) is 3. The topological polar surface area (TPSA) is 50.7 Å². The molecule has 0 atom stereocenters. The summed E-state index contributed by atoms with van der Waals surface area (Å²) in [7, 11) is 0. The second kappa shape index (κ2) is 8.21. The van der Waals surface area contributed by atoms with Gasteiger partial charge in [-0.25, -0.2) is 23.7 Å². The molecule has 0 saturated heterocycles. The summed E-state index contributed by atoms with van der Waals surface area (Å²) in [5.41, 5.74) is 1.82. The van der Waals surface area contributed by atoms with E-state index in [0.717, 1.165) is 39.6 Å². The largest absolute Gasteiger partial charge is 0.367 e. The molecule has 148 valence electrons. The van der Waals surface area contributed by atoms with Crippen molar-refractivity contribution in [1.29, 1.82) is 0 Å².